The van der Waals surface area contributed by atoms with Crippen molar-refractivity contribution in [2.45, 2.75) is 11.4 Å². The molecule has 3 aromatic rings. The molecule has 0 radical (unpaired) electrons. The van der Waals surface area contributed by atoms with Crippen LogP contribution in [0, 0.1) is 11.6 Å². The molecule has 0 saturated heterocycles. The lowest BCUT2D eigenvalue weighted by Crippen LogP contribution is -2.36. The highest BCUT2D eigenvalue weighted by Crippen LogP contribution is 2.20. The standard InChI is InChI=1S/C24H25F2N3O3S/c1-28(2)14-15-29(17-18-10-12-20(25)13-11-18)24(30)19-6-5-7-21(16-19)33(31,32)27-23-9-4-3-8-22(23)26/h3-13,16,27H,14-15,17H2,1-2H3. The van der Waals surface area contributed by atoms with Gasteiger partial charge in [-0.05, 0) is 62.1 Å². The Morgan fingerprint density at radius 3 is 2.27 bits per heavy atom. The summed E-state index contributed by atoms with van der Waals surface area (Å²) in [7, 11) is -0.363. The number of para-hydroxylation sites is 1. The van der Waals surface area contributed by atoms with Gasteiger partial charge in [-0.3, -0.25) is 9.52 Å². The maximum absolute atomic E-state index is 13.9. The zero-order valence-corrected chi connectivity index (χ0v) is 19.1. The fourth-order valence-corrected chi connectivity index (χ4v) is 4.22. The van der Waals surface area contributed by atoms with E-state index in [1.54, 1.807) is 17.0 Å². The number of nitrogens with zero attached hydrogens (tertiary/aromatic N) is 2. The number of halogens is 2. The summed E-state index contributed by atoms with van der Waals surface area (Å²) in [6, 6.07) is 16.9. The molecule has 0 spiro atoms. The van der Waals surface area contributed by atoms with E-state index in [9.17, 15) is 22.0 Å². The summed E-state index contributed by atoms with van der Waals surface area (Å²) in [5.74, 6) is -1.45. The number of rotatable bonds is 9. The summed E-state index contributed by atoms with van der Waals surface area (Å²) < 4.78 is 55.0. The molecule has 0 aliphatic carbocycles. The number of carbonyl (C=O) groups excluding carboxylic acids is 1. The number of carbonyl (C=O) groups is 1. The van der Waals surface area contributed by atoms with Gasteiger partial charge in [-0.15, -0.1) is 0 Å². The molecule has 33 heavy (non-hydrogen) atoms. The van der Waals surface area contributed by atoms with Gasteiger partial charge in [-0.1, -0.05) is 30.3 Å². The van der Waals surface area contributed by atoms with Gasteiger partial charge in [0.05, 0.1) is 10.6 Å². The number of hydrogen-bond donors (Lipinski definition) is 1. The van der Waals surface area contributed by atoms with E-state index in [0.717, 1.165) is 11.6 Å². The number of amides is 1. The summed E-state index contributed by atoms with van der Waals surface area (Å²) in [4.78, 5) is 16.6. The van der Waals surface area contributed by atoms with E-state index in [1.165, 1.54) is 54.6 Å². The van der Waals surface area contributed by atoms with E-state index in [1.807, 2.05) is 19.0 Å². The molecule has 3 aromatic carbocycles. The molecule has 0 unspecified atom stereocenters. The van der Waals surface area contributed by atoms with Crippen molar-refractivity contribution in [3.8, 4) is 0 Å². The second kappa shape index (κ2) is 10.5. The maximum Gasteiger partial charge on any atom is 0.262 e. The lowest BCUT2D eigenvalue weighted by atomic mass is 10.1. The summed E-state index contributed by atoms with van der Waals surface area (Å²) in [5, 5.41) is 0. The summed E-state index contributed by atoms with van der Waals surface area (Å²) in [6.45, 7) is 1.20. The largest absolute Gasteiger partial charge is 0.333 e. The first-order valence-corrected chi connectivity index (χ1v) is 11.7. The third-order valence-corrected chi connectivity index (χ3v) is 6.26. The molecule has 0 aliphatic heterocycles. The Hall–Kier alpha value is -3.30. The van der Waals surface area contributed by atoms with Gasteiger partial charge in [0.2, 0.25) is 0 Å². The lowest BCUT2D eigenvalue weighted by Gasteiger charge is -2.25. The highest BCUT2D eigenvalue weighted by molar-refractivity contribution is 7.92. The molecule has 0 bridgehead atoms. The lowest BCUT2D eigenvalue weighted by molar-refractivity contribution is 0.0731. The highest BCUT2D eigenvalue weighted by atomic mass is 32.2. The van der Waals surface area contributed by atoms with Crippen LogP contribution in [-0.2, 0) is 16.6 Å². The van der Waals surface area contributed by atoms with Crippen LogP contribution in [0.2, 0.25) is 0 Å². The molecule has 1 N–H and O–H groups in total. The van der Waals surface area contributed by atoms with Gasteiger partial charge in [0.15, 0.2) is 0 Å². The third-order valence-electron chi connectivity index (χ3n) is 4.90. The van der Waals surface area contributed by atoms with E-state index in [-0.39, 0.29) is 34.4 Å². The average molecular weight is 474 g/mol. The van der Waals surface area contributed by atoms with Gasteiger partial charge >= 0.3 is 0 Å². The van der Waals surface area contributed by atoms with Crippen LogP contribution in [0.1, 0.15) is 15.9 Å². The topological polar surface area (TPSA) is 69.7 Å². The van der Waals surface area contributed by atoms with Gasteiger partial charge in [0.1, 0.15) is 11.6 Å². The first-order valence-electron chi connectivity index (χ1n) is 10.2. The first kappa shape index (κ1) is 24.3. The van der Waals surface area contributed by atoms with Crippen LogP contribution in [0.25, 0.3) is 0 Å². The molecule has 6 nitrogen and oxygen atoms in total. The number of nitrogens with one attached hydrogen (secondary N) is 1. The quantitative estimate of drug-likeness (QED) is 0.511. The van der Waals surface area contributed by atoms with Gasteiger partial charge in [-0.2, -0.15) is 0 Å². The predicted molar refractivity (Wildman–Crippen MR) is 123 cm³/mol. The van der Waals surface area contributed by atoms with Crippen molar-refractivity contribution < 1.29 is 22.0 Å². The monoisotopic (exact) mass is 473 g/mol. The Balaban J connectivity index is 1.86. The smallest absolute Gasteiger partial charge is 0.262 e. The predicted octanol–water partition coefficient (Wildman–Crippen LogP) is 3.97. The second-order valence-electron chi connectivity index (χ2n) is 7.77. The Bertz CT molecular complexity index is 1220. The number of sulfonamides is 1. The molecular weight excluding hydrogens is 448 g/mol. The van der Waals surface area contributed by atoms with Crippen molar-refractivity contribution in [1.29, 1.82) is 0 Å². The van der Waals surface area contributed by atoms with Crippen LogP contribution < -0.4 is 4.72 Å². The third kappa shape index (κ3) is 6.59. The number of benzene rings is 3. The normalized spacial score (nSPS) is 11.4. The summed E-state index contributed by atoms with van der Waals surface area (Å²) in [5.41, 5.74) is 0.735. The van der Waals surface area contributed by atoms with E-state index in [2.05, 4.69) is 4.72 Å². The van der Waals surface area contributed by atoms with Crippen LogP contribution in [-0.4, -0.2) is 51.3 Å². The number of anilines is 1. The minimum Gasteiger partial charge on any atom is -0.333 e. The Morgan fingerprint density at radius 1 is 0.909 bits per heavy atom. The molecule has 174 valence electrons. The van der Waals surface area contributed by atoms with Crippen molar-refractivity contribution in [1.82, 2.24) is 9.80 Å². The molecule has 0 aromatic heterocycles. The zero-order chi connectivity index (χ0) is 24.0. The molecule has 1 amide bonds. The Labute approximate surface area is 192 Å². The van der Waals surface area contributed by atoms with E-state index >= 15 is 0 Å². The maximum atomic E-state index is 13.9. The fraction of sp³-hybridized carbons (Fsp3) is 0.208. The van der Waals surface area contributed by atoms with Crippen molar-refractivity contribution in [2.24, 2.45) is 0 Å². The van der Waals surface area contributed by atoms with E-state index < -0.39 is 15.8 Å². The average Bonchev–Trinajstić information content (AvgIpc) is 2.79. The molecule has 9 heteroatoms. The Kier molecular flexibility index (Phi) is 7.78. The summed E-state index contributed by atoms with van der Waals surface area (Å²) in [6.07, 6.45) is 0. The van der Waals surface area contributed by atoms with Crippen LogP contribution in [0.5, 0.6) is 0 Å². The van der Waals surface area contributed by atoms with Gasteiger partial charge < -0.3 is 9.80 Å². The van der Waals surface area contributed by atoms with Crippen molar-refractivity contribution in [3.05, 3.63) is 95.6 Å². The van der Waals surface area contributed by atoms with E-state index in [0.29, 0.717) is 13.1 Å². The SMILES string of the molecule is CN(C)CCN(Cc1ccc(F)cc1)C(=O)c1cccc(S(=O)(=O)Nc2ccccc2F)c1. The number of hydrogen-bond acceptors (Lipinski definition) is 4. The molecule has 0 saturated carbocycles. The van der Waals surface area contributed by atoms with Crippen LogP contribution in [0.4, 0.5) is 14.5 Å². The second-order valence-corrected chi connectivity index (χ2v) is 9.45. The van der Waals surface area contributed by atoms with E-state index in [4.69, 9.17) is 0 Å². The number of likely N-dealkylation sites (N-methyl/N-ethyl adjacent to an activating group) is 1. The summed E-state index contributed by atoms with van der Waals surface area (Å²) >= 11 is 0. The molecule has 0 atom stereocenters. The van der Waals surface area contributed by atoms with Crippen LogP contribution >= 0.6 is 0 Å². The van der Waals surface area contributed by atoms with Crippen LogP contribution in [0.15, 0.2) is 77.7 Å². The van der Waals surface area contributed by atoms with Crippen molar-refractivity contribution in [3.63, 3.8) is 0 Å². The minimum absolute atomic E-state index is 0.161. The highest BCUT2D eigenvalue weighted by Gasteiger charge is 2.21. The first-order chi connectivity index (χ1) is 15.7. The van der Waals surface area contributed by atoms with Crippen molar-refractivity contribution in [2.75, 3.05) is 31.9 Å². The fourth-order valence-electron chi connectivity index (χ4n) is 3.11. The molecular formula is C24H25F2N3O3S. The van der Waals surface area contributed by atoms with Crippen molar-refractivity contribution >= 4 is 21.6 Å². The Morgan fingerprint density at radius 2 is 1.61 bits per heavy atom. The van der Waals surface area contributed by atoms with Crippen LogP contribution in [0.3, 0.4) is 0 Å². The zero-order valence-electron chi connectivity index (χ0n) is 18.3. The molecule has 0 aliphatic rings. The van der Waals surface area contributed by atoms with Gasteiger partial charge in [0.25, 0.3) is 15.9 Å². The minimum atomic E-state index is -4.12. The van der Waals surface area contributed by atoms with Gasteiger partial charge in [0, 0.05) is 25.2 Å². The van der Waals surface area contributed by atoms with Gasteiger partial charge in [-0.25, -0.2) is 17.2 Å². The molecule has 0 heterocycles. The molecule has 0 fully saturated rings. The molecule has 3 rings (SSSR count).